The maximum Gasteiger partial charge on any atom is 0.316 e. The number of esters is 1. The molecule has 4 aromatic heterocycles. The number of rotatable bonds is 5. The Morgan fingerprint density at radius 3 is 2.97 bits per heavy atom. The van der Waals surface area contributed by atoms with Gasteiger partial charge in [-0.05, 0) is 24.3 Å². The quantitative estimate of drug-likeness (QED) is 0.225. The predicted molar refractivity (Wildman–Crippen MR) is 116 cm³/mol. The van der Waals surface area contributed by atoms with Crippen LogP contribution in [0.4, 0.5) is 0 Å². The van der Waals surface area contributed by atoms with Gasteiger partial charge in [-0.2, -0.15) is 0 Å². The predicted octanol–water partition coefficient (Wildman–Crippen LogP) is 3.87. The topological polar surface area (TPSA) is 99.6 Å². The van der Waals surface area contributed by atoms with Crippen LogP contribution >= 0.6 is 23.4 Å². The fourth-order valence-electron chi connectivity index (χ4n) is 3.13. The second-order valence-corrected chi connectivity index (χ2v) is 7.97. The monoisotopic (exact) mass is 452 g/mol. The minimum atomic E-state index is -0.467. The average molecular weight is 453 g/mol. The largest absolute Gasteiger partial charge is 0.459 e. The summed E-state index contributed by atoms with van der Waals surface area (Å²) in [6, 6.07) is 12.1. The summed E-state index contributed by atoms with van der Waals surface area (Å²) < 4.78 is 12.5. The molecule has 0 amide bonds. The highest BCUT2D eigenvalue weighted by Crippen LogP contribution is 2.32. The summed E-state index contributed by atoms with van der Waals surface area (Å²) in [5, 5.41) is 1.87. The molecular formula is C21H13ClN4O4S. The van der Waals surface area contributed by atoms with E-state index < -0.39 is 5.97 Å². The molecule has 0 aliphatic rings. The first-order valence-electron chi connectivity index (χ1n) is 9.17. The Kier molecular flexibility index (Phi) is 5.05. The minimum Gasteiger partial charge on any atom is -0.459 e. The summed E-state index contributed by atoms with van der Waals surface area (Å²) in [6.45, 7) is -0.114. The number of thioether (sulfide) groups is 1. The lowest BCUT2D eigenvalue weighted by atomic mass is 10.2. The molecule has 0 saturated carbocycles. The van der Waals surface area contributed by atoms with E-state index in [9.17, 15) is 9.59 Å². The molecule has 0 aliphatic heterocycles. The number of carbonyl (C=O) groups excluding carboxylic acids is 1. The van der Waals surface area contributed by atoms with Crippen molar-refractivity contribution in [2.45, 2.75) is 11.6 Å². The molecule has 0 spiro atoms. The molecule has 4 heterocycles. The van der Waals surface area contributed by atoms with Crippen molar-refractivity contribution in [2.24, 2.45) is 0 Å². The SMILES string of the molecule is O=C(CSc1ncnc2c1oc1ccccc12)OCc1cc(=O)n2cc(Cl)ccc2n1. The van der Waals surface area contributed by atoms with Crippen LogP contribution in [0.3, 0.4) is 0 Å². The Labute approximate surface area is 183 Å². The van der Waals surface area contributed by atoms with E-state index >= 15 is 0 Å². The number of aromatic nitrogens is 4. The van der Waals surface area contributed by atoms with Crippen LogP contribution in [0.2, 0.25) is 5.02 Å². The molecule has 0 fully saturated rings. The molecule has 154 valence electrons. The molecule has 5 rings (SSSR count). The van der Waals surface area contributed by atoms with Gasteiger partial charge in [0, 0.05) is 17.6 Å². The van der Waals surface area contributed by atoms with Crippen LogP contribution in [-0.4, -0.2) is 31.1 Å². The van der Waals surface area contributed by atoms with Gasteiger partial charge in [-0.25, -0.2) is 15.0 Å². The van der Waals surface area contributed by atoms with Gasteiger partial charge in [0.05, 0.1) is 16.5 Å². The molecule has 0 atom stereocenters. The number of hydrogen-bond acceptors (Lipinski definition) is 8. The van der Waals surface area contributed by atoms with E-state index in [-0.39, 0.29) is 17.9 Å². The molecule has 10 heteroatoms. The average Bonchev–Trinajstić information content (AvgIpc) is 3.16. The zero-order valence-corrected chi connectivity index (χ0v) is 17.4. The van der Waals surface area contributed by atoms with Crippen molar-refractivity contribution in [3.8, 4) is 0 Å². The standard InChI is InChI=1S/C21H13ClN4O4S/c22-12-5-6-16-25-13(7-17(27)26(16)8-12)9-29-18(28)10-31-21-20-19(23-11-24-21)14-3-1-2-4-15(14)30-20/h1-8,11H,9-10H2. The number of para-hydroxylation sites is 1. The summed E-state index contributed by atoms with van der Waals surface area (Å²) in [6.07, 6.45) is 2.93. The highest BCUT2D eigenvalue weighted by molar-refractivity contribution is 8.00. The van der Waals surface area contributed by atoms with Crippen molar-refractivity contribution in [3.63, 3.8) is 0 Å². The van der Waals surface area contributed by atoms with Crippen LogP contribution in [0.15, 0.2) is 69.2 Å². The number of ether oxygens (including phenoxy) is 1. The number of hydrogen-bond donors (Lipinski definition) is 0. The molecule has 5 aromatic rings. The number of halogens is 1. The number of fused-ring (bicyclic) bond motifs is 4. The van der Waals surface area contributed by atoms with Crippen molar-refractivity contribution in [1.29, 1.82) is 0 Å². The Hall–Kier alpha value is -3.43. The number of benzene rings is 1. The van der Waals surface area contributed by atoms with Crippen LogP contribution in [0.5, 0.6) is 0 Å². The van der Waals surface area contributed by atoms with Crippen molar-refractivity contribution < 1.29 is 13.9 Å². The van der Waals surface area contributed by atoms with Gasteiger partial charge in [-0.15, -0.1) is 0 Å². The maximum atomic E-state index is 12.2. The van der Waals surface area contributed by atoms with E-state index in [0.717, 1.165) is 5.39 Å². The zero-order chi connectivity index (χ0) is 21.4. The molecule has 0 N–H and O–H groups in total. The van der Waals surface area contributed by atoms with Crippen LogP contribution in [0.1, 0.15) is 5.69 Å². The summed E-state index contributed by atoms with van der Waals surface area (Å²) in [5.74, 6) is -0.448. The van der Waals surface area contributed by atoms with Crippen molar-refractivity contribution in [2.75, 3.05) is 5.75 Å². The van der Waals surface area contributed by atoms with Crippen molar-refractivity contribution >= 4 is 57.0 Å². The summed E-state index contributed by atoms with van der Waals surface area (Å²) >= 11 is 7.10. The Morgan fingerprint density at radius 2 is 2.06 bits per heavy atom. The number of nitrogens with zero attached hydrogens (tertiary/aromatic N) is 4. The molecule has 0 radical (unpaired) electrons. The summed E-state index contributed by atoms with van der Waals surface area (Å²) in [7, 11) is 0. The van der Waals surface area contributed by atoms with E-state index in [4.69, 9.17) is 20.8 Å². The van der Waals surface area contributed by atoms with E-state index in [1.54, 1.807) is 12.1 Å². The van der Waals surface area contributed by atoms with Gasteiger partial charge in [-0.1, -0.05) is 35.5 Å². The first-order valence-corrected chi connectivity index (χ1v) is 10.5. The molecule has 0 saturated heterocycles. The van der Waals surface area contributed by atoms with E-state index in [1.807, 2.05) is 24.3 Å². The number of carbonyl (C=O) groups is 1. The second-order valence-electron chi connectivity index (χ2n) is 6.57. The molecule has 8 nitrogen and oxygen atoms in total. The van der Waals surface area contributed by atoms with Crippen molar-refractivity contribution in [1.82, 2.24) is 19.4 Å². The highest BCUT2D eigenvalue weighted by atomic mass is 35.5. The van der Waals surface area contributed by atoms with Gasteiger partial charge >= 0.3 is 5.97 Å². The summed E-state index contributed by atoms with van der Waals surface area (Å²) in [5.41, 5.74) is 2.41. The van der Waals surface area contributed by atoms with Gasteiger partial charge in [0.1, 0.15) is 34.7 Å². The molecule has 1 aromatic carbocycles. The number of pyridine rings is 1. The van der Waals surface area contributed by atoms with E-state index in [1.165, 1.54) is 34.8 Å². The third-order valence-electron chi connectivity index (χ3n) is 4.51. The first kappa shape index (κ1) is 19.5. The third-order valence-corrected chi connectivity index (χ3v) is 5.68. The normalized spacial score (nSPS) is 11.4. The Morgan fingerprint density at radius 1 is 1.19 bits per heavy atom. The summed E-state index contributed by atoms with van der Waals surface area (Å²) in [4.78, 5) is 37.3. The van der Waals surface area contributed by atoms with Gasteiger partial charge in [-0.3, -0.25) is 14.0 Å². The lowest BCUT2D eigenvalue weighted by molar-refractivity contribution is -0.141. The fraction of sp³-hybridized carbons (Fsp3) is 0.0952. The lowest BCUT2D eigenvalue weighted by Crippen LogP contribution is -2.17. The second kappa shape index (κ2) is 8.01. The third kappa shape index (κ3) is 3.85. The zero-order valence-electron chi connectivity index (χ0n) is 15.8. The van der Waals surface area contributed by atoms with Crippen LogP contribution in [-0.2, 0) is 16.1 Å². The Bertz CT molecular complexity index is 1510. The van der Waals surface area contributed by atoms with Gasteiger partial charge < -0.3 is 9.15 Å². The molecular weight excluding hydrogens is 440 g/mol. The molecule has 0 unspecified atom stereocenters. The first-order chi connectivity index (χ1) is 15.1. The fourth-order valence-corrected chi connectivity index (χ4v) is 4.02. The molecule has 0 aliphatic carbocycles. The highest BCUT2D eigenvalue weighted by Gasteiger charge is 2.15. The van der Waals surface area contributed by atoms with Gasteiger partial charge in [0.25, 0.3) is 5.56 Å². The van der Waals surface area contributed by atoms with E-state index in [2.05, 4.69) is 15.0 Å². The minimum absolute atomic E-state index is 0.0192. The molecule has 31 heavy (non-hydrogen) atoms. The van der Waals surface area contributed by atoms with Crippen LogP contribution in [0, 0.1) is 0 Å². The van der Waals surface area contributed by atoms with Gasteiger partial charge in [0.2, 0.25) is 0 Å². The van der Waals surface area contributed by atoms with Crippen LogP contribution < -0.4 is 5.56 Å². The van der Waals surface area contributed by atoms with Crippen molar-refractivity contribution in [3.05, 3.63) is 76.1 Å². The van der Waals surface area contributed by atoms with Gasteiger partial charge in [0.15, 0.2) is 5.58 Å². The lowest BCUT2D eigenvalue weighted by Gasteiger charge is -2.06. The smallest absolute Gasteiger partial charge is 0.316 e. The Balaban J connectivity index is 1.28. The van der Waals surface area contributed by atoms with E-state index in [0.29, 0.717) is 38.1 Å². The maximum absolute atomic E-state index is 12.2. The number of furan rings is 1. The molecule has 0 bridgehead atoms. The van der Waals surface area contributed by atoms with Crippen LogP contribution in [0.25, 0.3) is 27.7 Å².